The second kappa shape index (κ2) is 8.14. The fourth-order valence-electron chi connectivity index (χ4n) is 2.65. The molecule has 1 heterocycles. The smallest absolute Gasteiger partial charge is 0.271 e. The van der Waals surface area contributed by atoms with Gasteiger partial charge in [0.15, 0.2) is 0 Å². The first-order valence-electron chi connectivity index (χ1n) is 8.61. The molecule has 0 aliphatic heterocycles. The Morgan fingerprint density at radius 2 is 1.67 bits per heavy atom. The highest BCUT2D eigenvalue weighted by Crippen LogP contribution is 2.24. The number of amides is 2. The number of nitrogens with one attached hydrogen (secondary N) is 2. The molecule has 2 amide bonds. The molecule has 0 fully saturated rings. The fourth-order valence-corrected chi connectivity index (χ4v) is 3.46. The molecule has 0 aliphatic carbocycles. The van der Waals surface area contributed by atoms with Gasteiger partial charge in [0.25, 0.3) is 5.91 Å². The van der Waals surface area contributed by atoms with Crippen LogP contribution in [0.2, 0.25) is 0 Å². The number of carbonyl (C=O) groups is 2. The summed E-state index contributed by atoms with van der Waals surface area (Å²) in [6.45, 7) is 5.78. The van der Waals surface area contributed by atoms with Gasteiger partial charge in [0.1, 0.15) is 10.7 Å². The van der Waals surface area contributed by atoms with E-state index in [4.69, 9.17) is 0 Å². The van der Waals surface area contributed by atoms with E-state index < -0.39 is 0 Å². The van der Waals surface area contributed by atoms with Crippen molar-refractivity contribution in [1.29, 1.82) is 0 Å². The van der Waals surface area contributed by atoms with Crippen LogP contribution in [-0.2, 0) is 4.79 Å². The Bertz CT molecular complexity index is 957. The lowest BCUT2D eigenvalue weighted by Gasteiger charge is -2.11. The van der Waals surface area contributed by atoms with Crippen LogP contribution in [0.3, 0.4) is 0 Å². The summed E-state index contributed by atoms with van der Waals surface area (Å²) >= 11 is 1.41. The molecule has 0 saturated carbocycles. The molecule has 138 valence electrons. The predicted molar refractivity (Wildman–Crippen MR) is 109 cm³/mol. The summed E-state index contributed by atoms with van der Waals surface area (Å²) in [7, 11) is 0. The Labute approximate surface area is 162 Å². The second-order valence-corrected chi connectivity index (χ2v) is 7.26. The van der Waals surface area contributed by atoms with Crippen molar-refractivity contribution >= 4 is 28.8 Å². The van der Waals surface area contributed by atoms with E-state index in [0.717, 1.165) is 27.4 Å². The van der Waals surface area contributed by atoms with Gasteiger partial charge in [-0.15, -0.1) is 11.3 Å². The van der Waals surface area contributed by atoms with Crippen LogP contribution in [0.5, 0.6) is 0 Å². The third-order valence-electron chi connectivity index (χ3n) is 4.19. The van der Waals surface area contributed by atoms with E-state index in [1.54, 1.807) is 5.38 Å². The Balaban J connectivity index is 1.59. The predicted octanol–water partition coefficient (Wildman–Crippen LogP) is 4.10. The van der Waals surface area contributed by atoms with Crippen molar-refractivity contribution in [3.05, 3.63) is 70.2 Å². The average molecular weight is 379 g/mol. The van der Waals surface area contributed by atoms with Crippen LogP contribution in [0.4, 0.5) is 5.69 Å². The Morgan fingerprint density at radius 3 is 2.33 bits per heavy atom. The van der Waals surface area contributed by atoms with Crippen LogP contribution in [0.1, 0.15) is 27.2 Å². The van der Waals surface area contributed by atoms with Crippen LogP contribution < -0.4 is 10.6 Å². The number of hydrogen-bond donors (Lipinski definition) is 2. The van der Waals surface area contributed by atoms with Crippen molar-refractivity contribution in [3.8, 4) is 10.6 Å². The number of hydrogen-bond acceptors (Lipinski definition) is 4. The topological polar surface area (TPSA) is 71.1 Å². The van der Waals surface area contributed by atoms with E-state index in [1.807, 2.05) is 63.2 Å². The van der Waals surface area contributed by atoms with Gasteiger partial charge in [0, 0.05) is 16.6 Å². The molecular formula is C21H21N3O2S. The highest BCUT2D eigenvalue weighted by Gasteiger charge is 2.14. The van der Waals surface area contributed by atoms with Gasteiger partial charge in [-0.1, -0.05) is 48.0 Å². The Kier molecular flexibility index (Phi) is 5.66. The third kappa shape index (κ3) is 4.60. The van der Waals surface area contributed by atoms with E-state index in [-0.39, 0.29) is 18.4 Å². The van der Waals surface area contributed by atoms with E-state index in [0.29, 0.717) is 5.69 Å². The molecule has 0 bridgehead atoms. The molecule has 0 atom stereocenters. The first-order valence-corrected chi connectivity index (χ1v) is 9.49. The van der Waals surface area contributed by atoms with Crippen molar-refractivity contribution < 1.29 is 9.59 Å². The summed E-state index contributed by atoms with van der Waals surface area (Å²) in [5.41, 5.74) is 5.21. The zero-order chi connectivity index (χ0) is 19.4. The van der Waals surface area contributed by atoms with Gasteiger partial charge in [-0.05, 0) is 31.9 Å². The largest absolute Gasteiger partial charge is 0.342 e. The maximum atomic E-state index is 12.3. The van der Waals surface area contributed by atoms with Crippen LogP contribution in [0.25, 0.3) is 10.6 Å². The lowest BCUT2D eigenvalue weighted by molar-refractivity contribution is -0.115. The second-order valence-electron chi connectivity index (χ2n) is 6.40. The van der Waals surface area contributed by atoms with Gasteiger partial charge in [-0.25, -0.2) is 4.98 Å². The van der Waals surface area contributed by atoms with Crippen molar-refractivity contribution in [1.82, 2.24) is 10.3 Å². The standard InChI is InChI=1S/C21H21N3O2S/c1-13-7-9-16(10-8-13)21-23-17(12-27-21)20(26)22-11-18(25)24-19-14(2)5-4-6-15(19)3/h4-10,12H,11H2,1-3H3,(H,22,26)(H,24,25). The molecule has 5 nitrogen and oxygen atoms in total. The molecule has 0 spiro atoms. The Hall–Kier alpha value is -2.99. The van der Waals surface area contributed by atoms with Gasteiger partial charge < -0.3 is 10.6 Å². The zero-order valence-corrected chi connectivity index (χ0v) is 16.3. The summed E-state index contributed by atoms with van der Waals surface area (Å²) in [5.74, 6) is -0.629. The van der Waals surface area contributed by atoms with Crippen LogP contribution >= 0.6 is 11.3 Å². The minimum atomic E-state index is -0.360. The van der Waals surface area contributed by atoms with Gasteiger partial charge in [-0.3, -0.25) is 9.59 Å². The van der Waals surface area contributed by atoms with E-state index in [2.05, 4.69) is 15.6 Å². The van der Waals surface area contributed by atoms with Gasteiger partial charge >= 0.3 is 0 Å². The maximum Gasteiger partial charge on any atom is 0.271 e. The average Bonchev–Trinajstić information content (AvgIpc) is 3.14. The zero-order valence-electron chi connectivity index (χ0n) is 15.5. The first kappa shape index (κ1) is 18.8. The normalized spacial score (nSPS) is 10.5. The molecule has 1 aromatic heterocycles. The third-order valence-corrected chi connectivity index (χ3v) is 5.08. The maximum absolute atomic E-state index is 12.3. The van der Waals surface area contributed by atoms with Crippen molar-refractivity contribution in [3.63, 3.8) is 0 Å². The van der Waals surface area contributed by atoms with E-state index in [9.17, 15) is 9.59 Å². The van der Waals surface area contributed by atoms with Crippen molar-refractivity contribution in [2.75, 3.05) is 11.9 Å². The monoisotopic (exact) mass is 379 g/mol. The number of para-hydroxylation sites is 1. The number of nitrogens with zero attached hydrogens (tertiary/aromatic N) is 1. The first-order chi connectivity index (χ1) is 12.9. The molecule has 3 aromatic rings. The number of anilines is 1. The number of aromatic nitrogens is 1. The summed E-state index contributed by atoms with van der Waals surface area (Å²) in [4.78, 5) is 28.8. The summed E-state index contributed by atoms with van der Waals surface area (Å²) in [5, 5.41) is 7.96. The van der Waals surface area contributed by atoms with Gasteiger partial charge in [0.2, 0.25) is 5.91 Å². The van der Waals surface area contributed by atoms with Crippen LogP contribution in [0.15, 0.2) is 47.8 Å². The molecule has 0 radical (unpaired) electrons. The summed E-state index contributed by atoms with van der Waals surface area (Å²) < 4.78 is 0. The van der Waals surface area contributed by atoms with E-state index in [1.165, 1.54) is 16.9 Å². The highest BCUT2D eigenvalue weighted by molar-refractivity contribution is 7.13. The number of aryl methyl sites for hydroxylation is 3. The van der Waals surface area contributed by atoms with Crippen molar-refractivity contribution in [2.24, 2.45) is 0 Å². The molecule has 27 heavy (non-hydrogen) atoms. The number of rotatable bonds is 5. The fraction of sp³-hybridized carbons (Fsp3) is 0.190. The van der Waals surface area contributed by atoms with Crippen molar-refractivity contribution in [2.45, 2.75) is 20.8 Å². The van der Waals surface area contributed by atoms with Crippen LogP contribution in [0, 0.1) is 20.8 Å². The number of benzene rings is 2. The molecular weight excluding hydrogens is 358 g/mol. The minimum absolute atomic E-state index is 0.107. The minimum Gasteiger partial charge on any atom is -0.342 e. The molecule has 0 aliphatic rings. The molecule has 3 rings (SSSR count). The molecule has 0 saturated heterocycles. The van der Waals surface area contributed by atoms with Gasteiger partial charge in [0.05, 0.1) is 6.54 Å². The molecule has 0 unspecified atom stereocenters. The number of thiazole rings is 1. The quantitative estimate of drug-likeness (QED) is 0.701. The molecule has 2 aromatic carbocycles. The molecule has 6 heteroatoms. The SMILES string of the molecule is Cc1ccc(-c2nc(C(=O)NCC(=O)Nc3c(C)cccc3C)cs2)cc1. The molecule has 2 N–H and O–H groups in total. The lowest BCUT2D eigenvalue weighted by Crippen LogP contribution is -2.33. The van der Waals surface area contributed by atoms with E-state index >= 15 is 0 Å². The summed E-state index contributed by atoms with van der Waals surface area (Å²) in [6, 6.07) is 13.8. The number of carbonyl (C=O) groups excluding carboxylic acids is 2. The van der Waals surface area contributed by atoms with Gasteiger partial charge in [-0.2, -0.15) is 0 Å². The Morgan fingerprint density at radius 1 is 1.00 bits per heavy atom. The highest BCUT2D eigenvalue weighted by atomic mass is 32.1. The van der Waals surface area contributed by atoms with Crippen LogP contribution in [-0.4, -0.2) is 23.3 Å². The lowest BCUT2D eigenvalue weighted by atomic mass is 10.1. The summed E-state index contributed by atoms with van der Waals surface area (Å²) in [6.07, 6.45) is 0.